The summed E-state index contributed by atoms with van der Waals surface area (Å²) < 4.78 is 6.69. The third-order valence-corrected chi connectivity index (χ3v) is 4.24. The number of aromatic nitrogens is 3. The van der Waals surface area contributed by atoms with Crippen LogP contribution in [0.1, 0.15) is 47.1 Å². The summed E-state index contributed by atoms with van der Waals surface area (Å²) in [6, 6.07) is 15.2. The maximum absolute atomic E-state index is 2.36. The van der Waals surface area contributed by atoms with E-state index < -0.39 is 0 Å². The quantitative estimate of drug-likeness (QED) is 0.349. The summed E-state index contributed by atoms with van der Waals surface area (Å²) in [5.41, 5.74) is 3.83. The summed E-state index contributed by atoms with van der Waals surface area (Å²) in [6.07, 6.45) is 4.18. The van der Waals surface area contributed by atoms with Gasteiger partial charge in [-0.15, -0.1) is 0 Å². The number of benzene rings is 2. The molecule has 0 amide bonds. The summed E-state index contributed by atoms with van der Waals surface area (Å²) in [5.74, 6) is 1.16. The molecule has 2 aromatic heterocycles. The average Bonchev–Trinajstić information content (AvgIpc) is 3.24. The fourth-order valence-electron chi connectivity index (χ4n) is 3.30. The van der Waals surface area contributed by atoms with Crippen LogP contribution in [0.25, 0.3) is 27.8 Å². The molecule has 0 radical (unpaired) electrons. The zero-order chi connectivity index (χ0) is 20.6. The van der Waals surface area contributed by atoms with Crippen molar-refractivity contribution in [2.75, 3.05) is 0 Å². The molecular weight excluding hydrogens is 330 g/mol. The lowest BCUT2D eigenvalue weighted by Gasteiger charge is -2.04. The smallest absolute Gasteiger partial charge is 0.237 e. The topological polar surface area (TPSA) is 13.7 Å². The Bertz CT molecular complexity index is 955. The Labute approximate surface area is 164 Å². The van der Waals surface area contributed by atoms with Gasteiger partial charge < -0.3 is 0 Å². The van der Waals surface area contributed by atoms with Crippen LogP contribution in [0.15, 0.2) is 54.9 Å². The third kappa shape index (κ3) is 4.08. The molecule has 0 fully saturated rings. The largest absolute Gasteiger partial charge is 0.369 e. The fourth-order valence-corrected chi connectivity index (χ4v) is 3.30. The van der Waals surface area contributed by atoms with Crippen LogP contribution in [0.4, 0.5) is 0 Å². The van der Waals surface area contributed by atoms with E-state index in [9.17, 15) is 0 Å². The van der Waals surface area contributed by atoms with Crippen molar-refractivity contribution in [2.45, 2.75) is 48.5 Å². The highest BCUT2D eigenvalue weighted by Gasteiger charge is 2.23. The number of nitrogens with zero attached hydrogens (tertiary/aromatic N) is 3. The van der Waals surface area contributed by atoms with Crippen LogP contribution in [-0.2, 0) is 14.1 Å². The molecule has 0 saturated carbocycles. The van der Waals surface area contributed by atoms with Crippen LogP contribution in [-0.4, -0.2) is 9.13 Å². The number of imidazole rings is 1. The first-order valence-electron chi connectivity index (χ1n) is 10.2. The van der Waals surface area contributed by atoms with E-state index in [-0.39, 0.29) is 0 Å². The molecule has 0 aliphatic heterocycles. The van der Waals surface area contributed by atoms with Crippen LogP contribution in [0.3, 0.4) is 0 Å². The van der Waals surface area contributed by atoms with E-state index in [1.54, 1.807) is 0 Å². The van der Waals surface area contributed by atoms with Crippen LogP contribution in [0.2, 0.25) is 0 Å². The zero-order valence-corrected chi connectivity index (χ0v) is 18.5. The zero-order valence-electron chi connectivity index (χ0n) is 18.5. The van der Waals surface area contributed by atoms with E-state index in [1.807, 2.05) is 41.5 Å². The summed E-state index contributed by atoms with van der Waals surface area (Å²) in [6.45, 7) is 14.2. The van der Waals surface area contributed by atoms with Crippen molar-refractivity contribution in [3.8, 4) is 5.95 Å². The highest BCUT2D eigenvalue weighted by Crippen LogP contribution is 2.32. The summed E-state index contributed by atoms with van der Waals surface area (Å²) in [4.78, 5) is 0. The summed E-state index contributed by atoms with van der Waals surface area (Å²) in [7, 11) is 4.18. The van der Waals surface area contributed by atoms with Crippen molar-refractivity contribution in [3.63, 3.8) is 0 Å². The van der Waals surface area contributed by atoms with Crippen LogP contribution in [0.5, 0.6) is 0 Å². The predicted molar refractivity (Wildman–Crippen MR) is 120 cm³/mol. The van der Waals surface area contributed by atoms with Gasteiger partial charge in [-0.1, -0.05) is 77.9 Å². The first-order valence-corrected chi connectivity index (χ1v) is 10.2. The minimum absolute atomic E-state index is 1.16. The molecule has 3 heteroatoms. The molecular formula is C24H36N3+. The van der Waals surface area contributed by atoms with Crippen molar-refractivity contribution >= 4 is 21.8 Å². The Balaban J connectivity index is 0.000000556. The van der Waals surface area contributed by atoms with Crippen LogP contribution >= 0.6 is 0 Å². The predicted octanol–water partition coefficient (Wildman–Crippen LogP) is 6.33. The van der Waals surface area contributed by atoms with Crippen molar-refractivity contribution in [1.29, 1.82) is 0 Å². The molecule has 0 N–H and O–H groups in total. The Hall–Kier alpha value is -2.55. The highest BCUT2D eigenvalue weighted by molar-refractivity contribution is 6.09. The van der Waals surface area contributed by atoms with Crippen molar-refractivity contribution in [1.82, 2.24) is 9.13 Å². The molecule has 0 aliphatic rings. The standard InChI is InChI=1S/C18H18N3.3C2H6/c1-13-7-6-9-15-14-8-4-5-10-16(14)21(17(13)15)18-19(2)11-12-20(18)3;3*1-2/h4-12H,1-3H3;3*1-2H3/q+1;;;. The number of hydrogen-bond donors (Lipinski definition) is 0. The molecule has 0 spiro atoms. The van der Waals surface area contributed by atoms with Gasteiger partial charge in [0, 0.05) is 10.8 Å². The maximum Gasteiger partial charge on any atom is 0.369 e. The molecule has 4 aromatic rings. The second kappa shape index (κ2) is 10.6. The van der Waals surface area contributed by atoms with Gasteiger partial charge in [0.25, 0.3) is 0 Å². The van der Waals surface area contributed by atoms with Gasteiger partial charge in [-0.2, -0.15) is 4.57 Å². The third-order valence-electron chi connectivity index (χ3n) is 4.24. The molecule has 4 rings (SSSR count). The molecule has 0 unspecified atom stereocenters. The van der Waals surface area contributed by atoms with Crippen LogP contribution < -0.4 is 4.57 Å². The second-order valence-corrected chi connectivity index (χ2v) is 5.64. The van der Waals surface area contributed by atoms with Gasteiger partial charge in [-0.25, -0.2) is 9.13 Å². The molecule has 0 atom stereocenters. The number of aryl methyl sites for hydroxylation is 3. The van der Waals surface area contributed by atoms with Gasteiger partial charge >= 0.3 is 5.95 Å². The lowest BCUT2D eigenvalue weighted by Crippen LogP contribution is -2.32. The van der Waals surface area contributed by atoms with Crippen molar-refractivity contribution < 1.29 is 4.57 Å². The molecule has 3 nitrogen and oxygen atoms in total. The summed E-state index contributed by atoms with van der Waals surface area (Å²) >= 11 is 0. The van der Waals surface area contributed by atoms with E-state index in [1.165, 1.54) is 27.4 Å². The second-order valence-electron chi connectivity index (χ2n) is 5.64. The molecule has 27 heavy (non-hydrogen) atoms. The van der Waals surface area contributed by atoms with Crippen molar-refractivity contribution in [3.05, 3.63) is 60.4 Å². The SMILES string of the molecule is CC.CC.CC.Cc1cccc2c3ccccc3n(-c3n(C)cc[n+]3C)c12. The van der Waals surface area contributed by atoms with Gasteiger partial charge in [-0.05, 0) is 18.6 Å². The molecule has 146 valence electrons. The normalized spacial score (nSPS) is 9.67. The Kier molecular flexibility index (Phi) is 8.80. The number of rotatable bonds is 1. The van der Waals surface area contributed by atoms with E-state index in [2.05, 4.69) is 89.6 Å². The van der Waals surface area contributed by atoms with Gasteiger partial charge in [0.2, 0.25) is 0 Å². The van der Waals surface area contributed by atoms with E-state index in [0.717, 1.165) is 5.95 Å². The first kappa shape index (κ1) is 22.5. The molecule has 0 aliphatic carbocycles. The van der Waals surface area contributed by atoms with Gasteiger partial charge in [0.15, 0.2) is 0 Å². The summed E-state index contributed by atoms with van der Waals surface area (Å²) in [5, 5.41) is 2.62. The molecule has 2 heterocycles. The maximum atomic E-state index is 2.36. The molecule has 0 bridgehead atoms. The van der Waals surface area contributed by atoms with E-state index in [4.69, 9.17) is 0 Å². The monoisotopic (exact) mass is 366 g/mol. The Morgan fingerprint density at radius 3 is 1.96 bits per heavy atom. The van der Waals surface area contributed by atoms with Crippen LogP contribution in [0, 0.1) is 6.92 Å². The fraction of sp³-hybridized carbons (Fsp3) is 0.375. The van der Waals surface area contributed by atoms with Gasteiger partial charge in [0.1, 0.15) is 11.0 Å². The first-order chi connectivity index (χ1) is 13.2. The molecule has 0 saturated heterocycles. The van der Waals surface area contributed by atoms with E-state index >= 15 is 0 Å². The minimum Gasteiger partial charge on any atom is -0.237 e. The lowest BCUT2D eigenvalue weighted by atomic mass is 10.1. The number of para-hydroxylation sites is 2. The Morgan fingerprint density at radius 1 is 0.778 bits per heavy atom. The lowest BCUT2D eigenvalue weighted by molar-refractivity contribution is -0.664. The highest BCUT2D eigenvalue weighted by atomic mass is 15.3. The van der Waals surface area contributed by atoms with Crippen molar-refractivity contribution in [2.24, 2.45) is 14.1 Å². The molecule has 2 aromatic carbocycles. The van der Waals surface area contributed by atoms with Gasteiger partial charge in [0.05, 0.1) is 26.5 Å². The number of hydrogen-bond acceptors (Lipinski definition) is 0. The Morgan fingerprint density at radius 2 is 1.37 bits per heavy atom. The number of fused-ring (bicyclic) bond motifs is 3. The average molecular weight is 367 g/mol. The van der Waals surface area contributed by atoms with E-state index in [0.29, 0.717) is 0 Å². The minimum atomic E-state index is 1.16. The van der Waals surface area contributed by atoms with Gasteiger partial charge in [-0.3, -0.25) is 0 Å².